The first-order valence-electron chi connectivity index (χ1n) is 7.12. The molecule has 1 N–H and O–H groups in total. The van der Waals surface area contributed by atoms with Gasteiger partial charge in [-0.2, -0.15) is 0 Å². The number of pyridine rings is 1. The number of urea groups is 1. The van der Waals surface area contributed by atoms with Gasteiger partial charge in [-0.15, -0.1) is 0 Å². The van der Waals surface area contributed by atoms with E-state index in [9.17, 15) is 4.79 Å². The standard InChI is InChI=1S/C16H16ClN3O3/c1-22-13-4-2-3-12(7-13)19-16(21)20-9-14(10-20)23-15-6-5-11(17)8-18-15/h2-8,14H,9-10H2,1H3,(H,19,21). The highest BCUT2D eigenvalue weighted by Crippen LogP contribution is 2.20. The predicted octanol–water partition coefficient (Wildman–Crippen LogP) is 3.04. The number of amides is 2. The number of likely N-dealkylation sites (tertiary alicyclic amines) is 1. The molecule has 1 aromatic heterocycles. The Kier molecular flexibility index (Phi) is 4.52. The van der Waals surface area contributed by atoms with Crippen LogP contribution in [0.25, 0.3) is 0 Å². The Morgan fingerprint density at radius 2 is 2.17 bits per heavy atom. The van der Waals surface area contributed by atoms with E-state index in [4.69, 9.17) is 21.1 Å². The van der Waals surface area contributed by atoms with E-state index < -0.39 is 0 Å². The minimum atomic E-state index is -0.165. The third-order valence-corrected chi connectivity index (χ3v) is 3.67. The molecule has 1 aliphatic heterocycles. The van der Waals surface area contributed by atoms with Crippen LogP contribution >= 0.6 is 11.6 Å². The molecule has 3 rings (SSSR count). The van der Waals surface area contributed by atoms with Crippen LogP contribution in [-0.4, -0.2) is 42.2 Å². The molecule has 0 unspecified atom stereocenters. The second kappa shape index (κ2) is 6.75. The number of methoxy groups -OCH3 is 1. The number of hydrogen-bond donors (Lipinski definition) is 1. The van der Waals surface area contributed by atoms with Crippen molar-refractivity contribution in [2.45, 2.75) is 6.10 Å². The fourth-order valence-electron chi connectivity index (χ4n) is 2.18. The zero-order valence-electron chi connectivity index (χ0n) is 12.5. The van der Waals surface area contributed by atoms with Gasteiger partial charge in [0.1, 0.15) is 11.9 Å². The number of halogens is 1. The monoisotopic (exact) mass is 333 g/mol. The van der Waals surface area contributed by atoms with Crippen LogP contribution in [0.2, 0.25) is 5.02 Å². The maximum Gasteiger partial charge on any atom is 0.322 e. The Morgan fingerprint density at radius 3 is 2.87 bits per heavy atom. The van der Waals surface area contributed by atoms with Crippen LogP contribution < -0.4 is 14.8 Å². The predicted molar refractivity (Wildman–Crippen MR) is 87.2 cm³/mol. The summed E-state index contributed by atoms with van der Waals surface area (Å²) in [6, 6.07) is 10.5. The van der Waals surface area contributed by atoms with Crippen molar-refractivity contribution in [3.8, 4) is 11.6 Å². The second-order valence-corrected chi connectivity index (χ2v) is 5.56. The molecule has 1 saturated heterocycles. The number of nitrogens with one attached hydrogen (secondary N) is 1. The molecule has 1 aromatic carbocycles. The van der Waals surface area contributed by atoms with Crippen LogP contribution in [0.5, 0.6) is 11.6 Å². The fraction of sp³-hybridized carbons (Fsp3) is 0.250. The Balaban J connectivity index is 1.48. The van der Waals surface area contributed by atoms with Gasteiger partial charge in [-0.1, -0.05) is 17.7 Å². The normalized spacial score (nSPS) is 14.1. The highest BCUT2D eigenvalue weighted by molar-refractivity contribution is 6.30. The summed E-state index contributed by atoms with van der Waals surface area (Å²) >= 11 is 5.77. The van der Waals surface area contributed by atoms with E-state index in [-0.39, 0.29) is 12.1 Å². The van der Waals surface area contributed by atoms with E-state index in [1.165, 1.54) is 6.20 Å². The summed E-state index contributed by atoms with van der Waals surface area (Å²) in [5.74, 6) is 1.20. The second-order valence-electron chi connectivity index (χ2n) is 5.12. The molecule has 6 nitrogen and oxygen atoms in total. The molecule has 1 fully saturated rings. The molecule has 0 bridgehead atoms. The first kappa shape index (κ1) is 15.4. The molecule has 0 radical (unpaired) electrons. The third-order valence-electron chi connectivity index (χ3n) is 3.44. The summed E-state index contributed by atoms with van der Waals surface area (Å²) in [4.78, 5) is 17.9. The highest BCUT2D eigenvalue weighted by Gasteiger charge is 2.32. The van der Waals surface area contributed by atoms with Crippen LogP contribution in [-0.2, 0) is 0 Å². The smallest absolute Gasteiger partial charge is 0.322 e. The Morgan fingerprint density at radius 1 is 1.35 bits per heavy atom. The van der Waals surface area contributed by atoms with Gasteiger partial charge in [0.2, 0.25) is 5.88 Å². The molecule has 1 aliphatic rings. The maximum atomic E-state index is 12.1. The Bertz CT molecular complexity index is 687. The van der Waals surface area contributed by atoms with Crippen LogP contribution in [0.3, 0.4) is 0 Å². The SMILES string of the molecule is COc1cccc(NC(=O)N2CC(Oc3ccc(Cl)cn3)C2)c1. The first-order valence-corrected chi connectivity index (χ1v) is 7.50. The van der Waals surface area contributed by atoms with E-state index in [2.05, 4.69) is 10.3 Å². The summed E-state index contributed by atoms with van der Waals surface area (Å²) in [7, 11) is 1.59. The average Bonchev–Trinajstić information content (AvgIpc) is 2.52. The molecule has 0 aliphatic carbocycles. The fourth-order valence-corrected chi connectivity index (χ4v) is 2.30. The number of carbonyl (C=O) groups excluding carboxylic acids is 1. The molecule has 2 amide bonds. The molecule has 23 heavy (non-hydrogen) atoms. The van der Waals surface area contributed by atoms with Gasteiger partial charge in [0, 0.05) is 24.0 Å². The van der Waals surface area contributed by atoms with E-state index in [1.54, 1.807) is 30.2 Å². The van der Waals surface area contributed by atoms with Gasteiger partial charge in [0.25, 0.3) is 0 Å². The molecule has 0 spiro atoms. The van der Waals surface area contributed by atoms with Gasteiger partial charge in [0.05, 0.1) is 25.2 Å². The lowest BCUT2D eigenvalue weighted by molar-refractivity contribution is 0.0461. The van der Waals surface area contributed by atoms with Crippen LogP contribution in [0.1, 0.15) is 0 Å². The zero-order chi connectivity index (χ0) is 16.2. The van der Waals surface area contributed by atoms with Gasteiger partial charge < -0.3 is 19.7 Å². The first-order chi connectivity index (χ1) is 11.1. The number of benzene rings is 1. The number of ether oxygens (including phenoxy) is 2. The van der Waals surface area contributed by atoms with Gasteiger partial charge in [-0.05, 0) is 18.2 Å². The minimum Gasteiger partial charge on any atom is -0.497 e. The number of nitrogens with zero attached hydrogens (tertiary/aromatic N) is 2. The van der Waals surface area contributed by atoms with Crippen LogP contribution in [0.4, 0.5) is 10.5 Å². The van der Waals surface area contributed by atoms with Crippen molar-refractivity contribution in [1.29, 1.82) is 0 Å². The number of aromatic nitrogens is 1. The van der Waals surface area contributed by atoms with Gasteiger partial charge in [0.15, 0.2) is 0 Å². The summed E-state index contributed by atoms with van der Waals surface area (Å²) < 4.78 is 10.8. The Labute approximate surface area is 139 Å². The van der Waals surface area contributed by atoms with Crippen molar-refractivity contribution in [2.75, 3.05) is 25.5 Å². The van der Waals surface area contributed by atoms with Crippen molar-refractivity contribution in [1.82, 2.24) is 9.88 Å². The molecular weight excluding hydrogens is 318 g/mol. The largest absolute Gasteiger partial charge is 0.497 e. The average molecular weight is 334 g/mol. The molecular formula is C16H16ClN3O3. The highest BCUT2D eigenvalue weighted by atomic mass is 35.5. The third kappa shape index (κ3) is 3.84. The van der Waals surface area contributed by atoms with Crippen molar-refractivity contribution >= 4 is 23.3 Å². The van der Waals surface area contributed by atoms with E-state index in [0.717, 1.165) is 0 Å². The van der Waals surface area contributed by atoms with Gasteiger partial charge in [-0.3, -0.25) is 0 Å². The van der Waals surface area contributed by atoms with E-state index >= 15 is 0 Å². The topological polar surface area (TPSA) is 63.7 Å². The number of rotatable bonds is 4. The van der Waals surface area contributed by atoms with Crippen molar-refractivity contribution < 1.29 is 14.3 Å². The molecule has 2 heterocycles. The minimum absolute atomic E-state index is 0.0558. The van der Waals surface area contributed by atoms with E-state index in [0.29, 0.717) is 35.4 Å². The molecule has 0 atom stereocenters. The van der Waals surface area contributed by atoms with Crippen molar-refractivity contribution in [3.63, 3.8) is 0 Å². The number of hydrogen-bond acceptors (Lipinski definition) is 4. The van der Waals surface area contributed by atoms with E-state index in [1.807, 2.05) is 18.2 Å². The van der Waals surface area contributed by atoms with Crippen LogP contribution in [0, 0.1) is 0 Å². The summed E-state index contributed by atoms with van der Waals surface area (Å²) in [6.45, 7) is 1.03. The van der Waals surface area contributed by atoms with Gasteiger partial charge in [-0.25, -0.2) is 9.78 Å². The summed E-state index contributed by atoms with van der Waals surface area (Å²) in [5.41, 5.74) is 0.693. The molecule has 2 aromatic rings. The lowest BCUT2D eigenvalue weighted by Crippen LogP contribution is -2.57. The lowest BCUT2D eigenvalue weighted by Gasteiger charge is -2.38. The lowest BCUT2D eigenvalue weighted by atomic mass is 10.2. The molecule has 120 valence electrons. The van der Waals surface area contributed by atoms with Crippen LogP contribution in [0.15, 0.2) is 42.6 Å². The molecule has 0 saturated carbocycles. The summed E-state index contributed by atoms with van der Waals surface area (Å²) in [5, 5.41) is 3.39. The van der Waals surface area contributed by atoms with Crippen molar-refractivity contribution in [2.24, 2.45) is 0 Å². The maximum absolute atomic E-state index is 12.1. The Hall–Kier alpha value is -2.47. The molecule has 7 heteroatoms. The summed E-state index contributed by atoms with van der Waals surface area (Å²) in [6.07, 6.45) is 1.47. The van der Waals surface area contributed by atoms with Gasteiger partial charge >= 0.3 is 6.03 Å². The quantitative estimate of drug-likeness (QED) is 0.934. The van der Waals surface area contributed by atoms with Crippen molar-refractivity contribution in [3.05, 3.63) is 47.6 Å². The number of anilines is 1. The number of carbonyl (C=O) groups is 1. The zero-order valence-corrected chi connectivity index (χ0v) is 13.3.